The first-order valence-corrected chi connectivity index (χ1v) is 7.10. The monoisotopic (exact) mass is 347 g/mol. The molecule has 9 heteroatoms. The fourth-order valence-corrected chi connectivity index (χ4v) is 2.30. The summed E-state index contributed by atoms with van der Waals surface area (Å²) in [7, 11) is 0. The summed E-state index contributed by atoms with van der Waals surface area (Å²) in [5, 5.41) is 15.1. The Labute approximate surface area is 140 Å². The molecule has 24 heavy (non-hydrogen) atoms. The van der Waals surface area contributed by atoms with Crippen LogP contribution in [0, 0.1) is 10.1 Å². The summed E-state index contributed by atoms with van der Waals surface area (Å²) in [5.74, 6) is 0.138. The number of carbonyl (C=O) groups excluding carboxylic acids is 1. The zero-order valence-corrected chi connectivity index (χ0v) is 12.8. The second-order valence-corrected chi connectivity index (χ2v) is 5.11. The van der Waals surface area contributed by atoms with Crippen LogP contribution in [-0.4, -0.2) is 23.8 Å². The molecule has 0 spiro atoms. The van der Waals surface area contributed by atoms with Gasteiger partial charge in [-0.1, -0.05) is 23.7 Å². The highest BCUT2D eigenvalue weighted by Crippen LogP contribution is 2.37. The highest BCUT2D eigenvalue weighted by Gasteiger charge is 2.22. The molecule has 1 aliphatic rings. The van der Waals surface area contributed by atoms with E-state index in [1.165, 1.54) is 18.2 Å². The van der Waals surface area contributed by atoms with E-state index in [1.807, 2.05) is 0 Å². The second kappa shape index (κ2) is 6.55. The molecule has 1 N–H and O–H groups in total. The summed E-state index contributed by atoms with van der Waals surface area (Å²) in [5.41, 5.74) is 2.48. The SMILES string of the molecule is O=C(N/N=C/c1cc2c(cc1[N+](=O)[O-])OCO2)c1ccccc1Cl. The molecule has 0 fully saturated rings. The van der Waals surface area contributed by atoms with Gasteiger partial charge in [0, 0.05) is 0 Å². The Bertz CT molecular complexity index is 853. The maximum absolute atomic E-state index is 12.0. The minimum absolute atomic E-state index is 0.00364. The van der Waals surface area contributed by atoms with Crippen molar-refractivity contribution < 1.29 is 19.2 Å². The number of nitrogens with zero attached hydrogens (tertiary/aromatic N) is 2. The molecule has 2 aromatic carbocycles. The Morgan fingerprint density at radius 2 is 2.00 bits per heavy atom. The zero-order valence-electron chi connectivity index (χ0n) is 12.1. The number of carbonyl (C=O) groups is 1. The molecule has 0 bridgehead atoms. The van der Waals surface area contributed by atoms with E-state index in [1.54, 1.807) is 18.2 Å². The highest BCUT2D eigenvalue weighted by molar-refractivity contribution is 6.33. The number of hydrazone groups is 1. The zero-order chi connectivity index (χ0) is 17.1. The first kappa shape index (κ1) is 15.8. The number of ether oxygens (including phenoxy) is 2. The van der Waals surface area contributed by atoms with Crippen LogP contribution in [0.1, 0.15) is 15.9 Å². The number of halogens is 1. The standard InChI is InChI=1S/C15H10ClN3O5/c16-11-4-2-1-3-10(11)15(20)18-17-7-9-5-13-14(24-8-23-13)6-12(9)19(21)22/h1-7H,8H2,(H,18,20)/b17-7+. The smallest absolute Gasteiger partial charge is 0.282 e. The van der Waals surface area contributed by atoms with E-state index in [-0.39, 0.29) is 28.6 Å². The molecule has 2 aromatic rings. The fourth-order valence-electron chi connectivity index (χ4n) is 2.07. The lowest BCUT2D eigenvalue weighted by Crippen LogP contribution is -2.18. The lowest BCUT2D eigenvalue weighted by atomic mass is 10.1. The maximum Gasteiger partial charge on any atom is 0.282 e. The molecule has 0 saturated heterocycles. The van der Waals surface area contributed by atoms with Gasteiger partial charge in [0.1, 0.15) is 0 Å². The lowest BCUT2D eigenvalue weighted by molar-refractivity contribution is -0.385. The average Bonchev–Trinajstić information content (AvgIpc) is 3.01. The van der Waals surface area contributed by atoms with Crippen molar-refractivity contribution >= 4 is 29.4 Å². The van der Waals surface area contributed by atoms with Crippen LogP contribution in [0.15, 0.2) is 41.5 Å². The first-order chi connectivity index (χ1) is 11.6. The van der Waals surface area contributed by atoms with Crippen molar-refractivity contribution in [2.75, 3.05) is 6.79 Å². The van der Waals surface area contributed by atoms with Gasteiger partial charge in [-0.15, -0.1) is 0 Å². The number of benzene rings is 2. The summed E-state index contributed by atoms with van der Waals surface area (Å²) < 4.78 is 10.3. The molecule has 1 heterocycles. The van der Waals surface area contributed by atoms with E-state index in [4.69, 9.17) is 21.1 Å². The molecule has 0 saturated carbocycles. The van der Waals surface area contributed by atoms with E-state index in [9.17, 15) is 14.9 Å². The Morgan fingerprint density at radius 3 is 2.71 bits per heavy atom. The number of hydrogen-bond donors (Lipinski definition) is 1. The van der Waals surface area contributed by atoms with Gasteiger partial charge in [-0.3, -0.25) is 14.9 Å². The van der Waals surface area contributed by atoms with E-state index >= 15 is 0 Å². The molecule has 0 atom stereocenters. The number of amides is 1. The number of rotatable bonds is 4. The van der Waals surface area contributed by atoms with Gasteiger partial charge in [0.15, 0.2) is 11.5 Å². The summed E-state index contributed by atoms with van der Waals surface area (Å²) in [6.45, 7) is -0.00364. The Hall–Kier alpha value is -3.13. The maximum atomic E-state index is 12.0. The predicted molar refractivity (Wildman–Crippen MR) is 85.7 cm³/mol. The average molecular weight is 348 g/mol. The van der Waals surface area contributed by atoms with Crippen molar-refractivity contribution in [2.45, 2.75) is 0 Å². The third-order valence-electron chi connectivity index (χ3n) is 3.21. The summed E-state index contributed by atoms with van der Waals surface area (Å²) in [4.78, 5) is 22.5. The van der Waals surface area contributed by atoms with E-state index < -0.39 is 10.8 Å². The number of nitrogens with one attached hydrogen (secondary N) is 1. The highest BCUT2D eigenvalue weighted by atomic mass is 35.5. The van der Waals surface area contributed by atoms with Crippen LogP contribution >= 0.6 is 11.6 Å². The molecule has 0 radical (unpaired) electrons. The van der Waals surface area contributed by atoms with Gasteiger partial charge in [-0.2, -0.15) is 5.10 Å². The van der Waals surface area contributed by atoms with Crippen molar-refractivity contribution in [3.8, 4) is 11.5 Å². The van der Waals surface area contributed by atoms with Crippen molar-refractivity contribution in [3.05, 3.63) is 62.7 Å². The van der Waals surface area contributed by atoms with Crippen LogP contribution in [0.4, 0.5) is 5.69 Å². The lowest BCUT2D eigenvalue weighted by Gasteiger charge is -2.02. The minimum Gasteiger partial charge on any atom is -0.454 e. The molecule has 1 aliphatic heterocycles. The van der Waals surface area contributed by atoms with E-state index in [2.05, 4.69) is 10.5 Å². The topological polar surface area (TPSA) is 103 Å². The van der Waals surface area contributed by atoms with E-state index in [0.717, 1.165) is 6.21 Å². The van der Waals surface area contributed by atoms with Crippen LogP contribution in [0.25, 0.3) is 0 Å². The van der Waals surface area contributed by atoms with E-state index in [0.29, 0.717) is 11.5 Å². The summed E-state index contributed by atoms with van der Waals surface area (Å²) in [6, 6.07) is 9.13. The van der Waals surface area contributed by atoms with Gasteiger partial charge in [-0.25, -0.2) is 5.43 Å². The fraction of sp³-hybridized carbons (Fsp3) is 0.0667. The van der Waals surface area contributed by atoms with Crippen molar-refractivity contribution in [2.24, 2.45) is 5.10 Å². The Balaban J connectivity index is 1.81. The van der Waals surface area contributed by atoms with Gasteiger partial charge < -0.3 is 9.47 Å². The molecule has 0 aliphatic carbocycles. The third kappa shape index (κ3) is 3.13. The van der Waals surface area contributed by atoms with Crippen LogP contribution in [0.3, 0.4) is 0 Å². The first-order valence-electron chi connectivity index (χ1n) is 6.72. The van der Waals surface area contributed by atoms with Crippen LogP contribution in [-0.2, 0) is 0 Å². The van der Waals surface area contributed by atoms with Gasteiger partial charge >= 0.3 is 0 Å². The van der Waals surface area contributed by atoms with Gasteiger partial charge in [0.25, 0.3) is 11.6 Å². The minimum atomic E-state index is -0.570. The third-order valence-corrected chi connectivity index (χ3v) is 3.54. The molecule has 0 unspecified atom stereocenters. The Morgan fingerprint density at radius 1 is 1.29 bits per heavy atom. The quantitative estimate of drug-likeness (QED) is 0.520. The molecular weight excluding hydrogens is 338 g/mol. The predicted octanol–water partition coefficient (Wildman–Crippen LogP) is 2.74. The van der Waals surface area contributed by atoms with Crippen LogP contribution in [0.2, 0.25) is 5.02 Å². The number of nitro groups is 1. The number of hydrogen-bond acceptors (Lipinski definition) is 6. The summed E-state index contributed by atoms with van der Waals surface area (Å²) in [6.07, 6.45) is 1.16. The summed E-state index contributed by atoms with van der Waals surface area (Å²) >= 11 is 5.91. The largest absolute Gasteiger partial charge is 0.454 e. The molecule has 3 rings (SSSR count). The molecule has 8 nitrogen and oxygen atoms in total. The molecule has 1 amide bonds. The van der Waals surface area contributed by atoms with Gasteiger partial charge in [-0.05, 0) is 18.2 Å². The molecule has 122 valence electrons. The van der Waals surface area contributed by atoms with Gasteiger partial charge in [0.05, 0.1) is 33.4 Å². The van der Waals surface area contributed by atoms with Crippen molar-refractivity contribution in [1.29, 1.82) is 0 Å². The van der Waals surface area contributed by atoms with Crippen LogP contribution < -0.4 is 14.9 Å². The van der Waals surface area contributed by atoms with Crippen molar-refractivity contribution in [3.63, 3.8) is 0 Å². The Kier molecular flexibility index (Phi) is 4.30. The van der Waals surface area contributed by atoms with Crippen LogP contribution in [0.5, 0.6) is 11.5 Å². The molecule has 0 aromatic heterocycles. The second-order valence-electron chi connectivity index (χ2n) is 4.70. The number of fused-ring (bicyclic) bond motifs is 1. The normalized spacial score (nSPS) is 12.4. The van der Waals surface area contributed by atoms with Gasteiger partial charge in [0.2, 0.25) is 6.79 Å². The van der Waals surface area contributed by atoms with Crippen molar-refractivity contribution in [1.82, 2.24) is 5.43 Å². The number of nitro benzene ring substituents is 1. The molecular formula is C15H10ClN3O5.